The van der Waals surface area contributed by atoms with Gasteiger partial charge < -0.3 is 15.7 Å². The molecule has 5 nitrogen and oxygen atoms in total. The minimum Gasteiger partial charge on any atom is -0.392 e. The maximum Gasteiger partial charge on any atom is 0.309 e. The van der Waals surface area contributed by atoms with Crippen molar-refractivity contribution in [2.24, 2.45) is 17.8 Å². The number of carbonyl (C=O) groups excluding carboxylic acids is 2. The Hall–Kier alpha value is -1.10. The molecular formula is C14H24N2O3. The number of hydrogen-bond donors (Lipinski definition) is 3. The van der Waals surface area contributed by atoms with E-state index in [2.05, 4.69) is 10.6 Å². The van der Waals surface area contributed by atoms with Crippen LogP contribution >= 0.6 is 0 Å². The van der Waals surface area contributed by atoms with Gasteiger partial charge in [0.1, 0.15) is 0 Å². The van der Waals surface area contributed by atoms with Crippen LogP contribution in [0.25, 0.3) is 0 Å². The third kappa shape index (κ3) is 3.47. The molecular weight excluding hydrogens is 244 g/mol. The van der Waals surface area contributed by atoms with E-state index >= 15 is 0 Å². The van der Waals surface area contributed by atoms with Crippen LogP contribution in [0.2, 0.25) is 0 Å². The molecule has 19 heavy (non-hydrogen) atoms. The summed E-state index contributed by atoms with van der Waals surface area (Å²) in [6, 6.07) is 0.0556. The Morgan fingerprint density at radius 2 is 1.95 bits per heavy atom. The zero-order valence-electron chi connectivity index (χ0n) is 11.7. The van der Waals surface area contributed by atoms with Gasteiger partial charge in [-0.15, -0.1) is 0 Å². The molecule has 0 aliphatic heterocycles. The van der Waals surface area contributed by atoms with Gasteiger partial charge >= 0.3 is 11.8 Å². The molecule has 2 aliphatic carbocycles. The van der Waals surface area contributed by atoms with E-state index in [1.807, 2.05) is 6.92 Å². The molecule has 0 aromatic rings. The Balaban J connectivity index is 1.77. The highest BCUT2D eigenvalue weighted by Gasteiger charge is 2.42. The quantitative estimate of drug-likeness (QED) is 0.647. The molecule has 2 fully saturated rings. The molecule has 108 valence electrons. The van der Waals surface area contributed by atoms with E-state index in [9.17, 15) is 9.59 Å². The highest BCUT2D eigenvalue weighted by Crippen LogP contribution is 2.49. The Labute approximate surface area is 114 Å². The number of nitrogens with one attached hydrogen (secondary N) is 2. The van der Waals surface area contributed by atoms with Crippen molar-refractivity contribution in [2.45, 2.75) is 51.7 Å². The first-order valence-electron chi connectivity index (χ1n) is 7.24. The van der Waals surface area contributed by atoms with Gasteiger partial charge in [-0.1, -0.05) is 6.42 Å². The normalized spacial score (nSPS) is 31.8. The maximum atomic E-state index is 11.7. The third-order valence-electron chi connectivity index (χ3n) is 4.56. The molecule has 5 atom stereocenters. The summed E-state index contributed by atoms with van der Waals surface area (Å²) in [5.41, 5.74) is 0. The molecule has 2 aliphatic rings. The summed E-state index contributed by atoms with van der Waals surface area (Å²) in [7, 11) is 0. The van der Waals surface area contributed by atoms with Crippen LogP contribution in [0.1, 0.15) is 39.5 Å². The lowest BCUT2D eigenvalue weighted by Gasteiger charge is -2.28. The minimum absolute atomic E-state index is 0.0556. The fourth-order valence-electron chi connectivity index (χ4n) is 3.61. The number of hydrogen-bond acceptors (Lipinski definition) is 3. The van der Waals surface area contributed by atoms with Crippen molar-refractivity contribution >= 4 is 11.8 Å². The molecule has 2 amide bonds. The monoisotopic (exact) mass is 268 g/mol. The van der Waals surface area contributed by atoms with Crippen molar-refractivity contribution in [1.29, 1.82) is 0 Å². The largest absolute Gasteiger partial charge is 0.392 e. The van der Waals surface area contributed by atoms with Crippen LogP contribution < -0.4 is 10.6 Å². The van der Waals surface area contributed by atoms with Crippen LogP contribution in [-0.4, -0.2) is 35.6 Å². The topological polar surface area (TPSA) is 78.4 Å². The van der Waals surface area contributed by atoms with Gasteiger partial charge in [0.2, 0.25) is 0 Å². The van der Waals surface area contributed by atoms with Crippen molar-refractivity contribution in [1.82, 2.24) is 10.6 Å². The Bertz CT molecular complexity index is 357. The lowest BCUT2D eigenvalue weighted by atomic mass is 9.84. The van der Waals surface area contributed by atoms with Crippen molar-refractivity contribution in [2.75, 3.05) is 6.54 Å². The van der Waals surface area contributed by atoms with E-state index in [1.165, 1.54) is 25.7 Å². The molecule has 2 bridgehead atoms. The molecule has 0 radical (unpaired) electrons. The zero-order valence-corrected chi connectivity index (χ0v) is 11.7. The van der Waals surface area contributed by atoms with Gasteiger partial charge in [-0.25, -0.2) is 0 Å². The minimum atomic E-state index is -0.657. The lowest BCUT2D eigenvalue weighted by molar-refractivity contribution is -0.140. The average Bonchev–Trinajstić information content (AvgIpc) is 2.97. The van der Waals surface area contributed by atoms with Crippen LogP contribution in [-0.2, 0) is 9.59 Å². The van der Waals surface area contributed by atoms with Crippen molar-refractivity contribution < 1.29 is 14.7 Å². The summed E-state index contributed by atoms with van der Waals surface area (Å²) in [5.74, 6) is 0.832. The van der Waals surface area contributed by atoms with Gasteiger partial charge in [-0.05, 0) is 50.9 Å². The Morgan fingerprint density at radius 3 is 2.47 bits per heavy atom. The predicted molar refractivity (Wildman–Crippen MR) is 71.2 cm³/mol. The van der Waals surface area contributed by atoms with E-state index in [4.69, 9.17) is 5.11 Å². The summed E-state index contributed by atoms with van der Waals surface area (Å²) < 4.78 is 0. The molecule has 5 heteroatoms. The second kappa shape index (κ2) is 5.90. The predicted octanol–water partition coefficient (Wildman–Crippen LogP) is 0.424. The molecule has 0 aromatic carbocycles. The number of carbonyl (C=O) groups is 2. The van der Waals surface area contributed by atoms with Gasteiger partial charge in [0.25, 0.3) is 0 Å². The van der Waals surface area contributed by atoms with E-state index in [1.54, 1.807) is 6.92 Å². The fraction of sp³-hybridized carbons (Fsp3) is 0.857. The van der Waals surface area contributed by atoms with Crippen LogP contribution in [0.15, 0.2) is 0 Å². The van der Waals surface area contributed by atoms with Crippen LogP contribution in [0.5, 0.6) is 0 Å². The molecule has 0 saturated heterocycles. The van der Waals surface area contributed by atoms with Gasteiger partial charge in [0.05, 0.1) is 6.10 Å². The second-order valence-corrected chi connectivity index (χ2v) is 6.16. The molecule has 5 unspecified atom stereocenters. The highest BCUT2D eigenvalue weighted by molar-refractivity contribution is 6.35. The molecule has 2 rings (SSSR count). The molecule has 0 heterocycles. The standard InChI is InChI=1S/C14H24N2O3/c1-8(17)7-15-13(18)14(19)16-9(2)12-6-10-3-4-11(12)5-10/h8-12,17H,3-7H2,1-2H3,(H,15,18)(H,16,19). The van der Waals surface area contributed by atoms with Gasteiger partial charge in [-0.3, -0.25) is 9.59 Å². The van der Waals surface area contributed by atoms with Crippen molar-refractivity contribution in [3.63, 3.8) is 0 Å². The van der Waals surface area contributed by atoms with Gasteiger partial charge in [-0.2, -0.15) is 0 Å². The zero-order chi connectivity index (χ0) is 14.0. The second-order valence-electron chi connectivity index (χ2n) is 6.16. The summed E-state index contributed by atoms with van der Waals surface area (Å²) in [6.07, 6.45) is 4.43. The first-order chi connectivity index (χ1) is 8.97. The Kier molecular flexibility index (Phi) is 4.45. The van der Waals surface area contributed by atoms with Gasteiger partial charge in [0.15, 0.2) is 0 Å². The SMILES string of the molecule is CC(O)CNC(=O)C(=O)NC(C)C1CC2CCC1C2. The van der Waals surface area contributed by atoms with Crippen LogP contribution in [0.3, 0.4) is 0 Å². The van der Waals surface area contributed by atoms with Crippen LogP contribution in [0.4, 0.5) is 0 Å². The number of aliphatic hydroxyl groups is 1. The maximum absolute atomic E-state index is 11.7. The molecule has 2 saturated carbocycles. The average molecular weight is 268 g/mol. The van der Waals surface area contributed by atoms with E-state index in [0.717, 1.165) is 11.8 Å². The Morgan fingerprint density at radius 1 is 1.21 bits per heavy atom. The summed E-state index contributed by atoms with van der Waals surface area (Å²) in [6.45, 7) is 3.66. The van der Waals surface area contributed by atoms with Crippen molar-refractivity contribution in [3.05, 3.63) is 0 Å². The summed E-state index contributed by atoms with van der Waals surface area (Å²) >= 11 is 0. The van der Waals surface area contributed by atoms with Crippen LogP contribution in [0, 0.1) is 17.8 Å². The first kappa shape index (κ1) is 14.3. The molecule has 0 aromatic heterocycles. The lowest BCUT2D eigenvalue weighted by Crippen LogP contribution is -2.48. The highest BCUT2D eigenvalue weighted by atomic mass is 16.3. The van der Waals surface area contributed by atoms with E-state index in [0.29, 0.717) is 5.92 Å². The smallest absolute Gasteiger partial charge is 0.309 e. The third-order valence-corrected chi connectivity index (χ3v) is 4.56. The summed E-state index contributed by atoms with van der Waals surface area (Å²) in [4.78, 5) is 23.2. The van der Waals surface area contributed by atoms with E-state index < -0.39 is 17.9 Å². The summed E-state index contributed by atoms with van der Waals surface area (Å²) in [5, 5.41) is 14.3. The molecule has 0 spiro atoms. The van der Waals surface area contributed by atoms with Crippen molar-refractivity contribution in [3.8, 4) is 0 Å². The number of aliphatic hydroxyl groups excluding tert-OH is 1. The first-order valence-corrected chi connectivity index (χ1v) is 7.24. The number of amides is 2. The molecule has 3 N–H and O–H groups in total. The fourth-order valence-corrected chi connectivity index (χ4v) is 3.61. The number of fused-ring (bicyclic) bond motifs is 2. The number of rotatable bonds is 4. The van der Waals surface area contributed by atoms with E-state index in [-0.39, 0.29) is 12.6 Å². The van der Waals surface area contributed by atoms with Gasteiger partial charge in [0, 0.05) is 12.6 Å².